The first-order valence-electron chi connectivity index (χ1n) is 8.48. The zero-order valence-corrected chi connectivity index (χ0v) is 16.0. The van der Waals surface area contributed by atoms with E-state index in [0.29, 0.717) is 0 Å². The highest BCUT2D eigenvalue weighted by molar-refractivity contribution is 5.93. The van der Waals surface area contributed by atoms with Crippen molar-refractivity contribution in [2.45, 2.75) is 32.0 Å². The molecule has 0 heterocycles. The Bertz CT molecular complexity index is 640. The summed E-state index contributed by atoms with van der Waals surface area (Å²) in [6.45, 7) is 0.532. The van der Waals surface area contributed by atoms with E-state index in [0.717, 1.165) is 0 Å². The van der Waals surface area contributed by atoms with Crippen LogP contribution in [0.3, 0.4) is 0 Å². The summed E-state index contributed by atoms with van der Waals surface area (Å²) in [4.78, 5) is 68.5. The quantitative estimate of drug-likeness (QED) is 0.151. The van der Waals surface area contributed by atoms with Gasteiger partial charge in [0.05, 0.1) is 19.7 Å². The molecule has 0 aromatic heterocycles. The van der Waals surface area contributed by atoms with Gasteiger partial charge in [-0.15, -0.1) is 0 Å². The lowest BCUT2D eigenvalue weighted by Crippen LogP contribution is -2.52. The summed E-state index contributed by atoms with van der Waals surface area (Å²) in [5.41, 5.74) is 5.26. The predicted octanol–water partition coefficient (Wildman–Crippen LogP) is -5.25. The molecule has 0 saturated heterocycles. The number of aliphatic hydroxyl groups excluding tert-OH is 1. The molecule has 0 aliphatic rings. The van der Waals surface area contributed by atoms with Crippen molar-refractivity contribution in [3.05, 3.63) is 0 Å². The molecule has 0 aromatic carbocycles. The van der Waals surface area contributed by atoms with E-state index in [4.69, 9.17) is 15.9 Å². The second kappa shape index (κ2) is 13.0. The maximum Gasteiger partial charge on any atom is 0.322 e. The van der Waals surface area contributed by atoms with E-state index in [-0.39, 0.29) is 0 Å². The summed E-state index contributed by atoms with van der Waals surface area (Å²) in [6, 6.07) is -3.23. The van der Waals surface area contributed by atoms with Gasteiger partial charge < -0.3 is 42.5 Å². The fourth-order valence-corrected chi connectivity index (χ4v) is 1.73. The Morgan fingerprint density at radius 1 is 0.759 bits per heavy atom. The van der Waals surface area contributed by atoms with Crippen molar-refractivity contribution < 1.29 is 39.0 Å². The third-order valence-corrected chi connectivity index (χ3v) is 3.34. The molecule has 9 N–H and O–H groups in total. The smallest absolute Gasteiger partial charge is 0.322 e. The van der Waals surface area contributed by atoms with Crippen molar-refractivity contribution in [1.29, 1.82) is 0 Å². The van der Waals surface area contributed by atoms with Crippen molar-refractivity contribution in [2.75, 3.05) is 26.2 Å². The van der Waals surface area contributed by atoms with Crippen LogP contribution >= 0.6 is 0 Å². The molecule has 0 saturated carbocycles. The van der Waals surface area contributed by atoms with Crippen LogP contribution < -0.4 is 32.3 Å². The van der Waals surface area contributed by atoms with Gasteiger partial charge in [0.1, 0.15) is 24.7 Å². The van der Waals surface area contributed by atoms with Crippen LogP contribution in [0.4, 0.5) is 0 Å². The Hall–Kier alpha value is -3.26. The summed E-state index contributed by atoms with van der Waals surface area (Å²) in [5.74, 6) is -4.79. The van der Waals surface area contributed by atoms with Crippen LogP contribution in [0.15, 0.2) is 0 Å². The lowest BCUT2D eigenvalue weighted by molar-refractivity contribution is -0.138. The number of aliphatic hydroxyl groups is 1. The summed E-state index contributed by atoms with van der Waals surface area (Å²) in [6.07, 6.45) is 0. The first kappa shape index (κ1) is 25.7. The second-order valence-electron chi connectivity index (χ2n) is 5.91. The number of carboxylic acid groups (broad SMARTS) is 1. The molecule has 0 bridgehead atoms. The van der Waals surface area contributed by atoms with E-state index in [2.05, 4.69) is 26.6 Å². The third-order valence-electron chi connectivity index (χ3n) is 3.34. The minimum Gasteiger partial charge on any atom is -0.480 e. The van der Waals surface area contributed by atoms with E-state index >= 15 is 0 Å². The largest absolute Gasteiger partial charge is 0.480 e. The summed E-state index contributed by atoms with van der Waals surface area (Å²) >= 11 is 0. The second-order valence-corrected chi connectivity index (χ2v) is 5.91. The van der Waals surface area contributed by atoms with Crippen molar-refractivity contribution in [3.63, 3.8) is 0 Å². The number of carboxylic acids is 1. The molecule has 3 atom stereocenters. The normalized spacial score (nSPS) is 13.2. The number of aliphatic carboxylic acids is 1. The molecule has 0 spiro atoms. The molecular weight excluding hydrogens is 392 g/mol. The monoisotopic (exact) mass is 418 g/mol. The van der Waals surface area contributed by atoms with Gasteiger partial charge in [0, 0.05) is 0 Å². The van der Waals surface area contributed by atoms with E-state index in [1.165, 1.54) is 13.8 Å². The van der Waals surface area contributed by atoms with Gasteiger partial charge >= 0.3 is 5.97 Å². The first-order valence-corrected chi connectivity index (χ1v) is 8.48. The number of nitrogens with two attached hydrogens (primary N) is 1. The van der Waals surface area contributed by atoms with Crippen molar-refractivity contribution >= 4 is 35.5 Å². The number of carbonyl (C=O) groups excluding carboxylic acids is 5. The van der Waals surface area contributed by atoms with Crippen LogP contribution in [-0.2, 0) is 28.8 Å². The van der Waals surface area contributed by atoms with Crippen molar-refractivity contribution in [2.24, 2.45) is 5.73 Å². The maximum atomic E-state index is 11.9. The third kappa shape index (κ3) is 11.2. The fourth-order valence-electron chi connectivity index (χ4n) is 1.73. The highest BCUT2D eigenvalue weighted by atomic mass is 16.4. The van der Waals surface area contributed by atoms with Gasteiger partial charge in [-0.05, 0) is 13.8 Å². The molecule has 0 radical (unpaired) electrons. The Kier molecular flexibility index (Phi) is 11.5. The molecule has 5 amide bonds. The minimum atomic E-state index is -1.24. The van der Waals surface area contributed by atoms with E-state index in [1.54, 1.807) is 0 Å². The van der Waals surface area contributed by atoms with Gasteiger partial charge in [0.2, 0.25) is 29.5 Å². The van der Waals surface area contributed by atoms with Gasteiger partial charge in [0.15, 0.2) is 0 Å². The van der Waals surface area contributed by atoms with Crippen LogP contribution in [0.2, 0.25) is 0 Å². The summed E-state index contributed by atoms with van der Waals surface area (Å²) in [5, 5.41) is 28.2. The van der Waals surface area contributed by atoms with E-state index in [9.17, 15) is 28.8 Å². The van der Waals surface area contributed by atoms with Gasteiger partial charge in [-0.1, -0.05) is 0 Å². The lowest BCUT2D eigenvalue weighted by Gasteiger charge is -2.16. The minimum absolute atomic E-state index is 0.465. The number of nitrogens with one attached hydrogen (secondary N) is 5. The molecule has 3 unspecified atom stereocenters. The van der Waals surface area contributed by atoms with Crippen LogP contribution in [0.25, 0.3) is 0 Å². The van der Waals surface area contributed by atoms with Gasteiger partial charge in [-0.25, -0.2) is 0 Å². The predicted molar refractivity (Wildman–Crippen MR) is 96.9 cm³/mol. The number of hydrogen-bond donors (Lipinski definition) is 8. The highest BCUT2D eigenvalue weighted by Crippen LogP contribution is 1.85. The van der Waals surface area contributed by atoms with Crippen LogP contribution in [0, 0.1) is 0 Å². The fraction of sp³-hybridized carbons (Fsp3) is 0.600. The summed E-state index contributed by atoms with van der Waals surface area (Å²) < 4.78 is 0. The molecule has 0 aliphatic carbocycles. The van der Waals surface area contributed by atoms with Gasteiger partial charge in [-0.3, -0.25) is 28.8 Å². The molecule has 14 heteroatoms. The molecule has 0 aromatic rings. The number of amides is 5. The van der Waals surface area contributed by atoms with E-state index in [1.807, 2.05) is 0 Å². The summed E-state index contributed by atoms with van der Waals surface area (Å²) in [7, 11) is 0. The Morgan fingerprint density at radius 2 is 1.14 bits per heavy atom. The molecule has 14 nitrogen and oxygen atoms in total. The van der Waals surface area contributed by atoms with Crippen molar-refractivity contribution in [3.8, 4) is 0 Å². The molecule has 164 valence electrons. The Balaban J connectivity index is 4.23. The Morgan fingerprint density at radius 3 is 1.52 bits per heavy atom. The zero-order valence-electron chi connectivity index (χ0n) is 16.0. The standard InChI is InChI=1S/C15H26N6O8/c1-7(20-11(24)4-18-15(29)9(16)6-22)13(27)17-3-10(23)21-8(2)14(28)19-5-12(25)26/h7-9,22H,3-6,16H2,1-2H3,(H,17,27)(H,18,29)(H,19,28)(H,20,24)(H,21,23)(H,25,26). The number of rotatable bonds is 12. The lowest BCUT2D eigenvalue weighted by atomic mass is 10.3. The van der Waals surface area contributed by atoms with E-state index < -0.39 is 79.9 Å². The molecule has 0 rings (SSSR count). The van der Waals surface area contributed by atoms with Crippen LogP contribution in [0.1, 0.15) is 13.8 Å². The SMILES string of the molecule is CC(NC(=O)CNC(=O)C(N)CO)C(=O)NCC(=O)NC(C)C(=O)NCC(=O)O. The Labute approximate surface area is 165 Å². The zero-order chi connectivity index (χ0) is 22.6. The topological polar surface area (TPSA) is 229 Å². The number of hydrogen-bond acceptors (Lipinski definition) is 8. The van der Waals surface area contributed by atoms with Crippen LogP contribution in [0.5, 0.6) is 0 Å². The molecule has 0 aliphatic heterocycles. The molecular formula is C15H26N6O8. The molecule has 0 fully saturated rings. The van der Waals surface area contributed by atoms with Gasteiger partial charge in [-0.2, -0.15) is 0 Å². The molecule has 29 heavy (non-hydrogen) atoms. The average molecular weight is 418 g/mol. The maximum absolute atomic E-state index is 11.9. The van der Waals surface area contributed by atoms with Crippen molar-refractivity contribution in [1.82, 2.24) is 26.6 Å². The highest BCUT2D eigenvalue weighted by Gasteiger charge is 2.20. The average Bonchev–Trinajstić information content (AvgIpc) is 2.67. The van der Waals surface area contributed by atoms with Gasteiger partial charge in [0.25, 0.3) is 0 Å². The number of carbonyl (C=O) groups is 6. The first-order chi connectivity index (χ1) is 13.5. The van der Waals surface area contributed by atoms with Crippen LogP contribution in [-0.4, -0.2) is 90.1 Å².